The van der Waals surface area contributed by atoms with Crippen molar-refractivity contribution in [1.82, 2.24) is 5.32 Å². The van der Waals surface area contributed by atoms with Gasteiger partial charge in [-0.15, -0.1) is 0 Å². The van der Waals surface area contributed by atoms with Crippen molar-refractivity contribution in [3.05, 3.63) is 42.0 Å². The number of rotatable bonds is 4. The minimum Gasteiger partial charge on any atom is -0.308 e. The number of benzene rings is 1. The first-order valence-electron chi connectivity index (χ1n) is 6.25. The van der Waals surface area contributed by atoms with Gasteiger partial charge < -0.3 is 5.32 Å². The van der Waals surface area contributed by atoms with Gasteiger partial charge in [-0.25, -0.2) is 0 Å². The molecule has 1 aliphatic carbocycles. The van der Waals surface area contributed by atoms with Crippen LogP contribution in [0, 0.1) is 0 Å². The monoisotopic (exact) mass is 215 g/mol. The molecule has 1 heteroatoms. The molecule has 0 spiro atoms. The molecular formula is C15H21N. The summed E-state index contributed by atoms with van der Waals surface area (Å²) in [6, 6.07) is 10.5. The van der Waals surface area contributed by atoms with E-state index in [4.69, 9.17) is 0 Å². The highest BCUT2D eigenvalue weighted by atomic mass is 15.0. The lowest BCUT2D eigenvalue weighted by Gasteiger charge is -2.24. The van der Waals surface area contributed by atoms with Gasteiger partial charge in [0.1, 0.15) is 0 Å². The van der Waals surface area contributed by atoms with Crippen molar-refractivity contribution in [3.63, 3.8) is 0 Å². The van der Waals surface area contributed by atoms with Gasteiger partial charge in [0, 0.05) is 12.1 Å². The summed E-state index contributed by atoms with van der Waals surface area (Å²) in [6.45, 7) is 3.32. The van der Waals surface area contributed by atoms with E-state index in [0.29, 0.717) is 5.54 Å². The van der Waals surface area contributed by atoms with Gasteiger partial charge in [0.05, 0.1) is 0 Å². The van der Waals surface area contributed by atoms with E-state index in [1.807, 2.05) is 0 Å². The Labute approximate surface area is 98.6 Å². The quantitative estimate of drug-likeness (QED) is 0.809. The molecule has 1 nitrogen and oxygen atoms in total. The van der Waals surface area contributed by atoms with Gasteiger partial charge in [0.2, 0.25) is 0 Å². The average Bonchev–Trinajstić information content (AvgIpc) is 2.74. The van der Waals surface area contributed by atoms with Crippen LogP contribution in [0.2, 0.25) is 0 Å². The maximum atomic E-state index is 3.64. The normalized spacial score (nSPS) is 19.3. The molecule has 0 bridgehead atoms. The molecule has 0 saturated heterocycles. The maximum Gasteiger partial charge on any atom is 0.0156 e. The third-order valence-corrected chi connectivity index (χ3v) is 3.46. The fourth-order valence-electron chi connectivity index (χ4n) is 2.40. The van der Waals surface area contributed by atoms with E-state index in [0.717, 1.165) is 6.54 Å². The van der Waals surface area contributed by atoms with E-state index >= 15 is 0 Å². The second-order valence-electron chi connectivity index (χ2n) is 4.96. The molecule has 2 rings (SSSR count). The average molecular weight is 215 g/mol. The van der Waals surface area contributed by atoms with Crippen LogP contribution in [-0.2, 0) is 0 Å². The first kappa shape index (κ1) is 11.4. The molecule has 0 aromatic heterocycles. The highest BCUT2D eigenvalue weighted by Crippen LogP contribution is 2.28. The molecule has 0 unspecified atom stereocenters. The van der Waals surface area contributed by atoms with Gasteiger partial charge in [-0.1, -0.05) is 55.3 Å². The van der Waals surface area contributed by atoms with Gasteiger partial charge in [0.15, 0.2) is 0 Å². The molecule has 1 N–H and O–H groups in total. The summed E-state index contributed by atoms with van der Waals surface area (Å²) < 4.78 is 0. The zero-order valence-electron chi connectivity index (χ0n) is 10.1. The van der Waals surface area contributed by atoms with Gasteiger partial charge in [-0.05, 0) is 25.3 Å². The van der Waals surface area contributed by atoms with Gasteiger partial charge >= 0.3 is 0 Å². The van der Waals surface area contributed by atoms with Gasteiger partial charge in [-0.3, -0.25) is 0 Å². The van der Waals surface area contributed by atoms with Crippen LogP contribution in [0.3, 0.4) is 0 Å². The van der Waals surface area contributed by atoms with Crippen LogP contribution in [0.1, 0.15) is 38.2 Å². The highest BCUT2D eigenvalue weighted by Gasteiger charge is 2.26. The molecule has 0 amide bonds. The first-order valence-corrected chi connectivity index (χ1v) is 6.25. The van der Waals surface area contributed by atoms with Crippen LogP contribution in [0.25, 0.3) is 6.08 Å². The Balaban J connectivity index is 1.77. The fourth-order valence-corrected chi connectivity index (χ4v) is 2.40. The van der Waals surface area contributed by atoms with Crippen LogP contribution in [-0.4, -0.2) is 12.1 Å². The number of hydrogen-bond acceptors (Lipinski definition) is 1. The van der Waals surface area contributed by atoms with E-state index in [1.54, 1.807) is 0 Å². The van der Waals surface area contributed by atoms with E-state index < -0.39 is 0 Å². The minimum absolute atomic E-state index is 0.390. The van der Waals surface area contributed by atoms with E-state index in [-0.39, 0.29) is 0 Å². The standard InChI is InChI=1S/C15H21N/c1-15(11-5-6-12-15)16-13-7-10-14-8-3-2-4-9-14/h2-4,7-10,16H,5-6,11-13H2,1H3. The molecule has 86 valence electrons. The summed E-state index contributed by atoms with van der Waals surface area (Å²) in [5.74, 6) is 0. The zero-order valence-corrected chi connectivity index (χ0v) is 10.1. The Morgan fingerprint density at radius 2 is 1.88 bits per heavy atom. The van der Waals surface area contributed by atoms with Crippen molar-refractivity contribution in [2.75, 3.05) is 6.54 Å². The Kier molecular flexibility index (Phi) is 3.79. The second kappa shape index (κ2) is 5.31. The van der Waals surface area contributed by atoms with Crippen LogP contribution >= 0.6 is 0 Å². The minimum atomic E-state index is 0.390. The first-order chi connectivity index (χ1) is 7.79. The predicted octanol–water partition coefficient (Wildman–Crippen LogP) is 3.62. The van der Waals surface area contributed by atoms with E-state index in [2.05, 4.69) is 54.7 Å². The lowest BCUT2D eigenvalue weighted by Crippen LogP contribution is -2.39. The SMILES string of the molecule is CC1(NCC=Cc2ccccc2)CCCC1. The van der Waals surface area contributed by atoms with Crippen LogP contribution in [0.4, 0.5) is 0 Å². The summed E-state index contributed by atoms with van der Waals surface area (Å²) >= 11 is 0. The summed E-state index contributed by atoms with van der Waals surface area (Å²) in [5.41, 5.74) is 1.67. The van der Waals surface area contributed by atoms with E-state index in [9.17, 15) is 0 Å². The molecule has 0 radical (unpaired) electrons. The molecular weight excluding hydrogens is 194 g/mol. The van der Waals surface area contributed by atoms with Crippen LogP contribution in [0.15, 0.2) is 36.4 Å². The molecule has 1 aromatic rings. The van der Waals surface area contributed by atoms with Crippen molar-refractivity contribution in [1.29, 1.82) is 0 Å². The number of nitrogens with one attached hydrogen (secondary N) is 1. The van der Waals surface area contributed by atoms with Crippen molar-refractivity contribution in [2.45, 2.75) is 38.1 Å². The Morgan fingerprint density at radius 3 is 2.56 bits per heavy atom. The Bertz CT molecular complexity index is 334. The Morgan fingerprint density at radius 1 is 1.19 bits per heavy atom. The van der Waals surface area contributed by atoms with Crippen molar-refractivity contribution < 1.29 is 0 Å². The van der Waals surface area contributed by atoms with Gasteiger partial charge in [-0.2, -0.15) is 0 Å². The summed E-state index contributed by atoms with van der Waals surface area (Å²) in [4.78, 5) is 0. The summed E-state index contributed by atoms with van der Waals surface area (Å²) in [6.07, 6.45) is 9.82. The van der Waals surface area contributed by atoms with Crippen LogP contribution in [0.5, 0.6) is 0 Å². The van der Waals surface area contributed by atoms with Gasteiger partial charge in [0.25, 0.3) is 0 Å². The van der Waals surface area contributed by atoms with Crippen molar-refractivity contribution >= 4 is 6.08 Å². The molecule has 1 aromatic carbocycles. The predicted molar refractivity (Wildman–Crippen MR) is 70.4 cm³/mol. The van der Waals surface area contributed by atoms with E-state index in [1.165, 1.54) is 31.2 Å². The molecule has 1 aliphatic rings. The third-order valence-electron chi connectivity index (χ3n) is 3.46. The van der Waals surface area contributed by atoms with Crippen molar-refractivity contribution in [3.8, 4) is 0 Å². The topological polar surface area (TPSA) is 12.0 Å². The highest BCUT2D eigenvalue weighted by molar-refractivity contribution is 5.48. The largest absolute Gasteiger partial charge is 0.308 e. The number of hydrogen-bond donors (Lipinski definition) is 1. The van der Waals surface area contributed by atoms with Crippen LogP contribution < -0.4 is 5.32 Å². The molecule has 0 heterocycles. The zero-order chi connectivity index (χ0) is 11.3. The molecule has 0 atom stereocenters. The molecule has 16 heavy (non-hydrogen) atoms. The van der Waals surface area contributed by atoms with Crippen molar-refractivity contribution in [2.24, 2.45) is 0 Å². The molecule has 0 aliphatic heterocycles. The fraction of sp³-hybridized carbons (Fsp3) is 0.467. The second-order valence-corrected chi connectivity index (χ2v) is 4.96. The summed E-state index contributed by atoms with van der Waals surface area (Å²) in [5, 5.41) is 3.64. The lowest BCUT2D eigenvalue weighted by molar-refractivity contribution is 0.382. The Hall–Kier alpha value is -1.08. The summed E-state index contributed by atoms with van der Waals surface area (Å²) in [7, 11) is 0. The molecule has 1 saturated carbocycles. The maximum absolute atomic E-state index is 3.64. The molecule has 1 fully saturated rings. The third kappa shape index (κ3) is 3.21. The smallest absolute Gasteiger partial charge is 0.0156 e. The lowest BCUT2D eigenvalue weighted by atomic mass is 10.0.